The van der Waals surface area contributed by atoms with E-state index in [-0.39, 0.29) is 10.6 Å². The summed E-state index contributed by atoms with van der Waals surface area (Å²) in [5.41, 5.74) is 6.05. The highest BCUT2D eigenvalue weighted by Gasteiger charge is 2.12. The van der Waals surface area contributed by atoms with Crippen LogP contribution in [0.3, 0.4) is 0 Å². The fourth-order valence-electron chi connectivity index (χ4n) is 0.912. The number of benzene rings is 1. The Labute approximate surface area is 81.1 Å². The zero-order valence-corrected chi connectivity index (χ0v) is 8.35. The fraction of sp³-hybridized carbons (Fsp3) is 0.143. The van der Waals surface area contributed by atoms with Gasteiger partial charge in [-0.15, -0.1) is 0 Å². The third-order valence-corrected chi connectivity index (χ3v) is 2.90. The van der Waals surface area contributed by atoms with Gasteiger partial charge in [-0.2, -0.15) is 8.42 Å². The number of hydrogen-bond donors (Lipinski definition) is 2. The van der Waals surface area contributed by atoms with Crippen LogP contribution in [0.1, 0.15) is 5.56 Å². The molecule has 0 saturated carbocycles. The minimum atomic E-state index is -4.20. The van der Waals surface area contributed by atoms with E-state index in [0.717, 1.165) is 6.07 Å². The number of nitrogen functional groups attached to an aromatic ring is 1. The zero-order valence-electron chi connectivity index (χ0n) is 6.78. The number of aryl methyl sites for hydroxylation is 1. The van der Waals surface area contributed by atoms with Gasteiger partial charge in [-0.3, -0.25) is 4.55 Å². The van der Waals surface area contributed by atoms with E-state index in [0.29, 0.717) is 10.6 Å². The molecule has 1 aromatic carbocycles. The zero-order chi connectivity index (χ0) is 10.2. The summed E-state index contributed by atoms with van der Waals surface area (Å²) in [6.45, 7) is 1.60. The van der Waals surface area contributed by atoms with E-state index < -0.39 is 10.1 Å². The van der Waals surface area contributed by atoms with Crippen LogP contribution < -0.4 is 5.73 Å². The van der Waals surface area contributed by atoms with Crippen LogP contribution in [-0.4, -0.2) is 13.0 Å². The van der Waals surface area contributed by atoms with Crippen molar-refractivity contribution < 1.29 is 13.0 Å². The van der Waals surface area contributed by atoms with Gasteiger partial charge in [-0.1, -0.05) is 11.6 Å². The standard InChI is InChI=1S/C7H8ClNO3S/c1-4-2-5(13(10,11)12)3-6(9)7(4)8/h2-3H,9H2,1H3,(H,10,11,12). The molecule has 1 aromatic rings. The summed E-state index contributed by atoms with van der Waals surface area (Å²) in [7, 11) is -4.20. The summed E-state index contributed by atoms with van der Waals surface area (Å²) in [6.07, 6.45) is 0. The maximum atomic E-state index is 10.7. The molecule has 0 saturated heterocycles. The van der Waals surface area contributed by atoms with Gasteiger partial charge in [0.1, 0.15) is 0 Å². The van der Waals surface area contributed by atoms with Crippen molar-refractivity contribution in [2.24, 2.45) is 0 Å². The average Bonchev–Trinajstić information content (AvgIpc) is 1.97. The molecule has 0 aliphatic heterocycles. The van der Waals surface area contributed by atoms with Crippen molar-refractivity contribution in [2.45, 2.75) is 11.8 Å². The molecule has 0 bridgehead atoms. The smallest absolute Gasteiger partial charge is 0.294 e. The monoisotopic (exact) mass is 221 g/mol. The molecule has 1 rings (SSSR count). The Morgan fingerprint density at radius 2 is 2.00 bits per heavy atom. The first-order valence-corrected chi connectivity index (χ1v) is 5.17. The molecule has 0 fully saturated rings. The summed E-state index contributed by atoms with van der Waals surface area (Å²) in [5, 5.41) is 0.299. The van der Waals surface area contributed by atoms with Crippen LogP contribution in [0.25, 0.3) is 0 Å². The van der Waals surface area contributed by atoms with Gasteiger partial charge in [0.05, 0.1) is 15.6 Å². The molecular weight excluding hydrogens is 214 g/mol. The van der Waals surface area contributed by atoms with Crippen molar-refractivity contribution in [3.63, 3.8) is 0 Å². The lowest BCUT2D eigenvalue weighted by Crippen LogP contribution is -2.00. The number of nitrogens with two attached hydrogens (primary N) is 1. The van der Waals surface area contributed by atoms with E-state index in [1.54, 1.807) is 6.92 Å². The second kappa shape index (κ2) is 3.17. The highest BCUT2D eigenvalue weighted by Crippen LogP contribution is 2.26. The van der Waals surface area contributed by atoms with Crippen LogP contribution in [0.2, 0.25) is 5.02 Å². The number of hydrogen-bond acceptors (Lipinski definition) is 3. The lowest BCUT2D eigenvalue weighted by molar-refractivity contribution is 0.483. The Hall–Kier alpha value is -0.780. The Balaban J connectivity index is 3.47. The quantitative estimate of drug-likeness (QED) is 0.556. The fourth-order valence-corrected chi connectivity index (χ4v) is 1.62. The van der Waals surface area contributed by atoms with Gasteiger partial charge < -0.3 is 5.73 Å². The molecule has 4 nitrogen and oxygen atoms in total. The van der Waals surface area contributed by atoms with E-state index in [2.05, 4.69) is 0 Å². The molecule has 6 heteroatoms. The maximum Gasteiger partial charge on any atom is 0.294 e. The van der Waals surface area contributed by atoms with Crippen LogP contribution in [0, 0.1) is 6.92 Å². The summed E-state index contributed by atoms with van der Waals surface area (Å²) in [6, 6.07) is 2.37. The second-order valence-electron chi connectivity index (χ2n) is 2.62. The van der Waals surface area contributed by atoms with Crippen molar-refractivity contribution in [1.29, 1.82) is 0 Å². The van der Waals surface area contributed by atoms with E-state index in [1.165, 1.54) is 6.07 Å². The van der Waals surface area contributed by atoms with E-state index in [1.807, 2.05) is 0 Å². The first kappa shape index (κ1) is 10.3. The molecule has 0 spiro atoms. The molecule has 0 unspecified atom stereocenters. The maximum absolute atomic E-state index is 10.7. The lowest BCUT2D eigenvalue weighted by atomic mass is 10.2. The molecule has 0 aliphatic carbocycles. The molecule has 13 heavy (non-hydrogen) atoms. The molecule has 0 heterocycles. The third-order valence-electron chi connectivity index (χ3n) is 1.55. The minimum Gasteiger partial charge on any atom is -0.397 e. The number of anilines is 1. The molecule has 0 atom stereocenters. The Bertz CT molecular complexity index is 418. The summed E-state index contributed by atoms with van der Waals surface area (Å²) < 4.78 is 30.1. The molecule has 0 radical (unpaired) electrons. The summed E-state index contributed by atoms with van der Waals surface area (Å²) in [4.78, 5) is -0.244. The van der Waals surface area contributed by atoms with Crippen molar-refractivity contribution in [1.82, 2.24) is 0 Å². The highest BCUT2D eigenvalue weighted by molar-refractivity contribution is 7.85. The first-order valence-electron chi connectivity index (χ1n) is 3.35. The Morgan fingerprint density at radius 1 is 1.46 bits per heavy atom. The topological polar surface area (TPSA) is 80.4 Å². The number of rotatable bonds is 1. The van der Waals surface area contributed by atoms with Crippen LogP contribution in [-0.2, 0) is 10.1 Å². The average molecular weight is 222 g/mol. The predicted octanol–water partition coefficient (Wildman–Crippen LogP) is 1.48. The van der Waals surface area contributed by atoms with Crippen LogP contribution in [0.15, 0.2) is 17.0 Å². The molecular formula is C7H8ClNO3S. The number of halogens is 1. The van der Waals surface area contributed by atoms with Crippen molar-refractivity contribution in [3.05, 3.63) is 22.7 Å². The van der Waals surface area contributed by atoms with Gasteiger partial charge in [0, 0.05) is 0 Å². The molecule has 0 aromatic heterocycles. The van der Waals surface area contributed by atoms with Crippen LogP contribution >= 0.6 is 11.6 Å². The third kappa shape index (κ3) is 2.12. The SMILES string of the molecule is Cc1cc(S(=O)(=O)O)cc(N)c1Cl. The molecule has 0 aliphatic rings. The highest BCUT2D eigenvalue weighted by atomic mass is 35.5. The van der Waals surface area contributed by atoms with Crippen molar-refractivity contribution in [3.8, 4) is 0 Å². The summed E-state index contributed by atoms with van der Waals surface area (Å²) >= 11 is 5.70. The van der Waals surface area contributed by atoms with Crippen LogP contribution in [0.4, 0.5) is 5.69 Å². The van der Waals surface area contributed by atoms with Crippen LogP contribution in [0.5, 0.6) is 0 Å². The Kier molecular flexibility index (Phi) is 2.51. The minimum absolute atomic E-state index is 0.134. The van der Waals surface area contributed by atoms with Gasteiger partial charge in [0.15, 0.2) is 0 Å². The second-order valence-corrected chi connectivity index (χ2v) is 4.42. The van der Waals surface area contributed by atoms with Gasteiger partial charge in [-0.25, -0.2) is 0 Å². The molecule has 0 amide bonds. The van der Waals surface area contributed by atoms with E-state index in [9.17, 15) is 8.42 Å². The van der Waals surface area contributed by atoms with Gasteiger partial charge in [0.2, 0.25) is 0 Å². The van der Waals surface area contributed by atoms with Gasteiger partial charge in [-0.05, 0) is 24.6 Å². The van der Waals surface area contributed by atoms with E-state index >= 15 is 0 Å². The van der Waals surface area contributed by atoms with Gasteiger partial charge >= 0.3 is 0 Å². The molecule has 3 N–H and O–H groups in total. The van der Waals surface area contributed by atoms with Crippen molar-refractivity contribution >= 4 is 27.4 Å². The lowest BCUT2D eigenvalue weighted by Gasteiger charge is -2.04. The predicted molar refractivity (Wildman–Crippen MR) is 50.4 cm³/mol. The van der Waals surface area contributed by atoms with Gasteiger partial charge in [0.25, 0.3) is 10.1 Å². The Morgan fingerprint density at radius 3 is 2.38 bits per heavy atom. The normalized spacial score (nSPS) is 11.6. The first-order chi connectivity index (χ1) is 5.82. The summed E-state index contributed by atoms with van der Waals surface area (Å²) in [5.74, 6) is 0. The van der Waals surface area contributed by atoms with E-state index in [4.69, 9.17) is 21.9 Å². The molecule has 72 valence electrons. The largest absolute Gasteiger partial charge is 0.397 e. The van der Waals surface area contributed by atoms with Crippen molar-refractivity contribution in [2.75, 3.05) is 5.73 Å².